The third kappa shape index (κ3) is 3.33. The average Bonchev–Trinajstić information content (AvgIpc) is 2.27. The monoisotopic (exact) mass is 246 g/mol. The van der Waals surface area contributed by atoms with E-state index in [0.29, 0.717) is 10.8 Å². The second kappa shape index (κ2) is 5.02. The van der Waals surface area contributed by atoms with Gasteiger partial charge in [0, 0.05) is 11.1 Å². The van der Waals surface area contributed by atoms with Crippen molar-refractivity contribution < 1.29 is 4.42 Å². The van der Waals surface area contributed by atoms with Crippen molar-refractivity contribution in [3.8, 4) is 0 Å². The molecule has 0 aliphatic rings. The van der Waals surface area contributed by atoms with Gasteiger partial charge in [-0.2, -0.15) is 0 Å². The fraction of sp³-hybridized carbons (Fsp3) is 0.0714. The molecule has 0 aliphatic heterocycles. The van der Waals surface area contributed by atoms with E-state index >= 15 is 0 Å². The molecule has 2 rings (SSSR count). The summed E-state index contributed by atoms with van der Waals surface area (Å²) in [6, 6.07) is 10.7. The van der Waals surface area contributed by atoms with Crippen LogP contribution in [0.15, 0.2) is 45.6 Å². The van der Waals surface area contributed by atoms with Gasteiger partial charge in [0.05, 0.1) is 0 Å². The zero-order valence-electron chi connectivity index (χ0n) is 9.31. The normalized spacial score (nSPS) is 10.9. The molecule has 0 N–H and O–H groups in total. The lowest BCUT2D eigenvalue weighted by molar-refractivity contribution is 0.500. The van der Waals surface area contributed by atoms with Crippen LogP contribution in [0, 0.1) is 6.92 Å². The molecule has 0 atom stereocenters. The van der Waals surface area contributed by atoms with Crippen LogP contribution in [0.5, 0.6) is 0 Å². The molecule has 0 radical (unpaired) electrons. The summed E-state index contributed by atoms with van der Waals surface area (Å²) in [7, 11) is 0. The van der Waals surface area contributed by atoms with Crippen LogP contribution in [-0.2, 0) is 0 Å². The van der Waals surface area contributed by atoms with Gasteiger partial charge in [0.2, 0.25) is 0 Å². The smallest absolute Gasteiger partial charge is 0.336 e. The van der Waals surface area contributed by atoms with Crippen molar-refractivity contribution >= 4 is 23.8 Å². The van der Waals surface area contributed by atoms with Crippen molar-refractivity contribution in [2.45, 2.75) is 6.92 Å². The van der Waals surface area contributed by atoms with Crippen LogP contribution in [0.3, 0.4) is 0 Å². The first kappa shape index (κ1) is 11.7. The Morgan fingerprint density at radius 2 is 1.82 bits per heavy atom. The summed E-state index contributed by atoms with van der Waals surface area (Å²) in [5, 5.41) is 0.698. The van der Waals surface area contributed by atoms with Gasteiger partial charge < -0.3 is 4.42 Å². The molecule has 2 aromatic rings. The summed E-state index contributed by atoms with van der Waals surface area (Å²) < 4.78 is 5.04. The second-order valence-corrected chi connectivity index (χ2v) is 4.18. The molecule has 2 nitrogen and oxygen atoms in total. The number of rotatable bonds is 2. The Kier molecular flexibility index (Phi) is 3.45. The van der Waals surface area contributed by atoms with E-state index in [1.165, 1.54) is 6.07 Å². The lowest BCUT2D eigenvalue weighted by Crippen LogP contribution is -1.97. The maximum absolute atomic E-state index is 11.1. The van der Waals surface area contributed by atoms with Crippen molar-refractivity contribution in [2.75, 3.05) is 0 Å². The standard InChI is InChI=1S/C14H11ClO2/c1-10-8-13(17-14(16)9-10)7-4-11-2-5-12(15)6-3-11/h2-9H,1H3/b7-4+. The number of benzene rings is 1. The lowest BCUT2D eigenvalue weighted by Gasteiger charge is -1.95. The fourth-order valence-electron chi connectivity index (χ4n) is 1.46. The molecule has 1 heterocycles. The molecule has 0 unspecified atom stereocenters. The molecule has 0 spiro atoms. The molecule has 1 aromatic carbocycles. The highest BCUT2D eigenvalue weighted by molar-refractivity contribution is 6.30. The summed E-state index contributed by atoms with van der Waals surface area (Å²) in [6.45, 7) is 1.86. The van der Waals surface area contributed by atoms with E-state index in [9.17, 15) is 4.79 Å². The van der Waals surface area contributed by atoms with Crippen molar-refractivity contribution in [1.29, 1.82) is 0 Å². The molecular formula is C14H11ClO2. The minimum Gasteiger partial charge on any atom is -0.423 e. The van der Waals surface area contributed by atoms with Gasteiger partial charge in [-0.05, 0) is 42.3 Å². The lowest BCUT2D eigenvalue weighted by atomic mass is 10.2. The van der Waals surface area contributed by atoms with Crippen LogP contribution >= 0.6 is 11.6 Å². The van der Waals surface area contributed by atoms with Crippen LogP contribution in [0.1, 0.15) is 16.9 Å². The first-order valence-electron chi connectivity index (χ1n) is 5.19. The molecular weight excluding hydrogens is 236 g/mol. The minimum absolute atomic E-state index is 0.333. The Bertz CT molecular complexity index is 594. The number of aryl methyl sites for hydroxylation is 1. The van der Waals surface area contributed by atoms with E-state index in [0.717, 1.165) is 11.1 Å². The highest BCUT2D eigenvalue weighted by atomic mass is 35.5. The molecule has 0 bridgehead atoms. The molecule has 0 saturated heterocycles. The van der Waals surface area contributed by atoms with Gasteiger partial charge in [-0.15, -0.1) is 0 Å². The van der Waals surface area contributed by atoms with Gasteiger partial charge in [0.25, 0.3) is 0 Å². The summed E-state index contributed by atoms with van der Waals surface area (Å²) in [5.41, 5.74) is 1.55. The third-order valence-corrected chi connectivity index (χ3v) is 2.50. The highest BCUT2D eigenvalue weighted by Gasteiger charge is 1.95. The topological polar surface area (TPSA) is 30.2 Å². The van der Waals surface area contributed by atoms with Crippen molar-refractivity contribution in [3.05, 3.63) is 68.7 Å². The van der Waals surface area contributed by atoms with Gasteiger partial charge >= 0.3 is 5.63 Å². The van der Waals surface area contributed by atoms with Gasteiger partial charge in [-0.1, -0.05) is 29.8 Å². The summed E-state index contributed by atoms with van der Waals surface area (Å²) in [5.74, 6) is 0.546. The summed E-state index contributed by atoms with van der Waals surface area (Å²) in [4.78, 5) is 11.1. The van der Waals surface area contributed by atoms with E-state index in [2.05, 4.69) is 0 Å². The minimum atomic E-state index is -0.333. The van der Waals surface area contributed by atoms with Crippen LogP contribution in [0.4, 0.5) is 0 Å². The Morgan fingerprint density at radius 1 is 1.12 bits per heavy atom. The van der Waals surface area contributed by atoms with E-state index in [1.54, 1.807) is 6.08 Å². The Morgan fingerprint density at radius 3 is 2.47 bits per heavy atom. The molecule has 0 aliphatic carbocycles. The average molecular weight is 247 g/mol. The third-order valence-electron chi connectivity index (χ3n) is 2.24. The first-order valence-corrected chi connectivity index (χ1v) is 5.57. The largest absolute Gasteiger partial charge is 0.423 e. The molecule has 3 heteroatoms. The number of hydrogen-bond acceptors (Lipinski definition) is 2. The molecule has 0 amide bonds. The number of halogens is 1. The zero-order chi connectivity index (χ0) is 12.3. The van der Waals surface area contributed by atoms with Gasteiger partial charge in [-0.3, -0.25) is 0 Å². The van der Waals surface area contributed by atoms with E-state index < -0.39 is 0 Å². The Labute approximate surface area is 104 Å². The van der Waals surface area contributed by atoms with Crippen LogP contribution in [0.25, 0.3) is 12.2 Å². The fourth-order valence-corrected chi connectivity index (χ4v) is 1.59. The molecule has 86 valence electrons. The first-order chi connectivity index (χ1) is 8.13. The second-order valence-electron chi connectivity index (χ2n) is 3.74. The van der Waals surface area contributed by atoms with Crippen LogP contribution in [-0.4, -0.2) is 0 Å². The predicted molar refractivity (Wildman–Crippen MR) is 70.1 cm³/mol. The maximum Gasteiger partial charge on any atom is 0.336 e. The summed E-state index contributed by atoms with van der Waals surface area (Å²) >= 11 is 5.79. The maximum atomic E-state index is 11.1. The summed E-state index contributed by atoms with van der Waals surface area (Å²) in [6.07, 6.45) is 3.63. The molecule has 17 heavy (non-hydrogen) atoms. The van der Waals surface area contributed by atoms with Crippen LogP contribution < -0.4 is 5.63 Å². The predicted octanol–water partition coefficient (Wildman–Crippen LogP) is 3.77. The van der Waals surface area contributed by atoms with E-state index in [4.69, 9.17) is 16.0 Å². The zero-order valence-corrected chi connectivity index (χ0v) is 10.1. The van der Waals surface area contributed by atoms with E-state index in [1.807, 2.05) is 43.3 Å². The van der Waals surface area contributed by atoms with E-state index in [-0.39, 0.29) is 5.63 Å². The quantitative estimate of drug-likeness (QED) is 0.807. The highest BCUT2D eigenvalue weighted by Crippen LogP contribution is 2.12. The van der Waals surface area contributed by atoms with Crippen molar-refractivity contribution in [1.82, 2.24) is 0 Å². The number of hydrogen-bond donors (Lipinski definition) is 0. The molecule has 0 fully saturated rings. The van der Waals surface area contributed by atoms with Gasteiger partial charge in [-0.25, -0.2) is 4.79 Å². The van der Waals surface area contributed by atoms with Crippen molar-refractivity contribution in [3.63, 3.8) is 0 Å². The van der Waals surface area contributed by atoms with Gasteiger partial charge in [0.15, 0.2) is 0 Å². The van der Waals surface area contributed by atoms with Crippen molar-refractivity contribution in [2.24, 2.45) is 0 Å². The SMILES string of the molecule is Cc1cc(/C=C/c2ccc(Cl)cc2)oc(=O)c1. The van der Waals surface area contributed by atoms with Gasteiger partial charge in [0.1, 0.15) is 5.76 Å². The Hall–Kier alpha value is -1.80. The Balaban J connectivity index is 2.25. The van der Waals surface area contributed by atoms with Crippen LogP contribution in [0.2, 0.25) is 5.02 Å². The molecule has 1 aromatic heterocycles. The molecule has 0 saturated carbocycles.